The van der Waals surface area contributed by atoms with E-state index < -0.39 is 0 Å². The summed E-state index contributed by atoms with van der Waals surface area (Å²) in [4.78, 5) is 31.4. The first-order chi connectivity index (χ1) is 21.1. The molecular weight excluding hydrogens is 538 g/mol. The SMILES string of the molecule is C=CC(=O)N1CCN(c2nc(OC[C@@H]3CCCN3C)nc3c2CN(C2c4ccccc4-c4ccccc42)C3)C[C@@H]1CC#N. The molecule has 0 saturated carbocycles. The Morgan fingerprint density at radius 2 is 1.79 bits per heavy atom. The van der Waals surface area contributed by atoms with E-state index in [-0.39, 0.29) is 24.4 Å². The van der Waals surface area contributed by atoms with E-state index in [1.165, 1.54) is 34.8 Å². The van der Waals surface area contributed by atoms with Gasteiger partial charge in [0.15, 0.2) is 0 Å². The van der Waals surface area contributed by atoms with Crippen molar-refractivity contribution >= 4 is 11.7 Å². The summed E-state index contributed by atoms with van der Waals surface area (Å²) in [6.07, 6.45) is 3.87. The number of hydrogen-bond donors (Lipinski definition) is 0. The first-order valence-corrected chi connectivity index (χ1v) is 15.3. The Labute approximate surface area is 253 Å². The number of benzene rings is 2. The van der Waals surface area contributed by atoms with Crippen LogP contribution in [-0.2, 0) is 17.9 Å². The van der Waals surface area contributed by atoms with Gasteiger partial charge in [-0.2, -0.15) is 15.2 Å². The Morgan fingerprint density at radius 1 is 1.05 bits per heavy atom. The molecule has 4 aliphatic rings. The number of aromatic nitrogens is 2. The van der Waals surface area contributed by atoms with Gasteiger partial charge in [0.25, 0.3) is 0 Å². The topological polar surface area (TPSA) is 88.8 Å². The maximum absolute atomic E-state index is 12.6. The highest BCUT2D eigenvalue weighted by atomic mass is 16.5. The Morgan fingerprint density at radius 3 is 2.47 bits per heavy atom. The van der Waals surface area contributed by atoms with Crippen molar-refractivity contribution in [3.05, 3.63) is 83.6 Å². The second kappa shape index (κ2) is 11.4. The van der Waals surface area contributed by atoms with E-state index in [9.17, 15) is 10.1 Å². The molecule has 2 aromatic carbocycles. The fourth-order valence-corrected chi connectivity index (χ4v) is 7.37. The lowest BCUT2D eigenvalue weighted by Gasteiger charge is -2.41. The van der Waals surface area contributed by atoms with Crippen molar-refractivity contribution in [3.8, 4) is 23.2 Å². The molecule has 7 rings (SSSR count). The summed E-state index contributed by atoms with van der Waals surface area (Å²) < 4.78 is 6.30. The number of likely N-dealkylation sites (N-methyl/N-ethyl adjacent to an activating group) is 1. The van der Waals surface area contributed by atoms with Crippen LogP contribution in [0, 0.1) is 11.3 Å². The lowest BCUT2D eigenvalue weighted by Crippen LogP contribution is -2.55. The molecule has 1 aliphatic carbocycles. The van der Waals surface area contributed by atoms with Crippen LogP contribution in [0.1, 0.15) is 47.7 Å². The molecule has 9 nitrogen and oxygen atoms in total. The first kappa shape index (κ1) is 27.6. The van der Waals surface area contributed by atoms with E-state index in [1.54, 1.807) is 4.90 Å². The largest absolute Gasteiger partial charge is 0.462 e. The van der Waals surface area contributed by atoms with Crippen molar-refractivity contribution in [1.29, 1.82) is 5.26 Å². The first-order valence-electron chi connectivity index (χ1n) is 15.3. The Balaban J connectivity index is 1.23. The van der Waals surface area contributed by atoms with Crippen molar-refractivity contribution in [2.45, 2.75) is 50.5 Å². The van der Waals surface area contributed by atoms with Gasteiger partial charge in [-0.1, -0.05) is 55.1 Å². The molecule has 1 aromatic heterocycles. The Hall–Kier alpha value is -4.26. The van der Waals surface area contributed by atoms with Crippen molar-refractivity contribution in [2.24, 2.45) is 0 Å². The van der Waals surface area contributed by atoms with Gasteiger partial charge in [0.1, 0.15) is 12.4 Å². The number of carbonyl (C=O) groups is 1. The number of rotatable bonds is 7. The monoisotopic (exact) mass is 575 g/mol. The van der Waals surface area contributed by atoms with Gasteiger partial charge < -0.3 is 19.4 Å². The number of piperazine rings is 1. The number of fused-ring (bicyclic) bond motifs is 4. The van der Waals surface area contributed by atoms with Crippen LogP contribution in [0.15, 0.2) is 61.2 Å². The predicted molar refractivity (Wildman–Crippen MR) is 164 cm³/mol. The highest BCUT2D eigenvalue weighted by molar-refractivity contribution is 5.87. The predicted octanol–water partition coefficient (Wildman–Crippen LogP) is 4.15. The number of ether oxygens (including phenoxy) is 1. The van der Waals surface area contributed by atoms with Crippen LogP contribution in [0.5, 0.6) is 6.01 Å². The minimum Gasteiger partial charge on any atom is -0.462 e. The fraction of sp³-hybridized carbons (Fsp3) is 0.412. The number of likely N-dealkylation sites (tertiary alicyclic amines) is 1. The van der Waals surface area contributed by atoms with Crippen LogP contribution in [0.25, 0.3) is 11.1 Å². The molecule has 3 aliphatic heterocycles. The summed E-state index contributed by atoms with van der Waals surface area (Å²) in [5.41, 5.74) is 7.30. The summed E-state index contributed by atoms with van der Waals surface area (Å²) in [5, 5.41) is 9.57. The zero-order chi connectivity index (χ0) is 29.5. The van der Waals surface area contributed by atoms with E-state index in [4.69, 9.17) is 14.7 Å². The molecule has 0 spiro atoms. The molecule has 4 heterocycles. The number of amides is 1. The summed E-state index contributed by atoms with van der Waals surface area (Å²) in [7, 11) is 2.14. The second-order valence-electron chi connectivity index (χ2n) is 12.0. The van der Waals surface area contributed by atoms with Gasteiger partial charge in [-0.25, -0.2) is 0 Å². The van der Waals surface area contributed by atoms with E-state index in [0.29, 0.717) is 51.4 Å². The molecule has 3 aromatic rings. The molecular formula is C34H37N7O2. The fourth-order valence-electron chi connectivity index (χ4n) is 7.37. The molecule has 2 atom stereocenters. The molecule has 2 fully saturated rings. The molecule has 2 saturated heterocycles. The number of hydrogen-bond acceptors (Lipinski definition) is 8. The number of nitriles is 1. The minimum absolute atomic E-state index is 0.124. The Bertz CT molecular complexity index is 1550. The van der Waals surface area contributed by atoms with E-state index in [1.807, 2.05) is 0 Å². The van der Waals surface area contributed by atoms with Gasteiger partial charge in [0.2, 0.25) is 5.91 Å². The zero-order valence-corrected chi connectivity index (χ0v) is 24.7. The van der Waals surface area contributed by atoms with E-state index in [2.05, 4.69) is 82.9 Å². The highest BCUT2D eigenvalue weighted by Gasteiger charge is 2.39. The minimum atomic E-state index is -0.238. The molecule has 0 radical (unpaired) electrons. The van der Waals surface area contributed by atoms with Crippen molar-refractivity contribution in [3.63, 3.8) is 0 Å². The highest BCUT2D eigenvalue weighted by Crippen LogP contribution is 2.49. The number of anilines is 1. The van der Waals surface area contributed by atoms with Gasteiger partial charge in [-0.3, -0.25) is 9.69 Å². The van der Waals surface area contributed by atoms with Gasteiger partial charge >= 0.3 is 6.01 Å². The van der Waals surface area contributed by atoms with Crippen LogP contribution in [0.2, 0.25) is 0 Å². The summed E-state index contributed by atoms with van der Waals surface area (Å²) in [6, 6.07) is 20.3. The molecule has 0 N–H and O–H groups in total. The van der Waals surface area contributed by atoms with Crippen LogP contribution >= 0.6 is 0 Å². The van der Waals surface area contributed by atoms with Gasteiger partial charge in [-0.15, -0.1) is 0 Å². The average Bonchev–Trinajstić information content (AvgIpc) is 3.74. The van der Waals surface area contributed by atoms with Gasteiger partial charge in [-0.05, 0) is 54.8 Å². The van der Waals surface area contributed by atoms with E-state index in [0.717, 1.165) is 30.0 Å². The van der Waals surface area contributed by atoms with Crippen molar-refractivity contribution in [2.75, 3.05) is 44.7 Å². The van der Waals surface area contributed by atoms with Crippen LogP contribution < -0.4 is 9.64 Å². The Kier molecular flexibility index (Phi) is 7.33. The lowest BCUT2D eigenvalue weighted by molar-refractivity contribution is -0.128. The normalized spacial score (nSPS) is 21.8. The maximum atomic E-state index is 12.6. The van der Waals surface area contributed by atoms with Crippen molar-refractivity contribution < 1.29 is 9.53 Å². The molecule has 1 amide bonds. The molecule has 220 valence electrons. The zero-order valence-electron chi connectivity index (χ0n) is 24.7. The second-order valence-corrected chi connectivity index (χ2v) is 12.0. The molecule has 0 unspecified atom stereocenters. The third-order valence-corrected chi connectivity index (χ3v) is 9.57. The maximum Gasteiger partial charge on any atom is 0.318 e. The number of carbonyl (C=O) groups excluding carboxylic acids is 1. The standard InChI is InChI=1S/C34H37N7O2/c1-3-31(42)41-18-17-39(19-23(41)14-15-35)33-29-20-40(21-30(29)36-34(37-33)43-22-24-9-8-16-38(24)2)32-27-12-6-4-10-25(27)26-11-5-7-13-28(26)32/h3-7,10-13,23-24,32H,1,8-9,14,16-22H2,2H3/t23-,24-/m0/s1. The number of nitrogens with zero attached hydrogens (tertiary/aromatic N) is 7. The molecule has 9 heteroatoms. The van der Waals surface area contributed by atoms with Crippen molar-refractivity contribution in [1.82, 2.24) is 24.7 Å². The quantitative estimate of drug-likeness (QED) is 0.389. The van der Waals surface area contributed by atoms with Crippen LogP contribution in [0.4, 0.5) is 5.82 Å². The molecule has 0 bridgehead atoms. The smallest absolute Gasteiger partial charge is 0.318 e. The van der Waals surface area contributed by atoms with Crippen LogP contribution in [-0.4, -0.2) is 82.5 Å². The van der Waals surface area contributed by atoms with Gasteiger partial charge in [0.05, 0.1) is 30.3 Å². The third-order valence-electron chi connectivity index (χ3n) is 9.57. The summed E-state index contributed by atoms with van der Waals surface area (Å²) in [6.45, 7) is 8.35. The molecule has 43 heavy (non-hydrogen) atoms. The van der Waals surface area contributed by atoms with E-state index >= 15 is 0 Å². The summed E-state index contributed by atoms with van der Waals surface area (Å²) in [5.74, 6) is 0.720. The lowest BCUT2D eigenvalue weighted by atomic mass is 10.0. The summed E-state index contributed by atoms with van der Waals surface area (Å²) >= 11 is 0. The third kappa shape index (κ3) is 4.94. The van der Waals surface area contributed by atoms with Crippen LogP contribution in [0.3, 0.4) is 0 Å². The van der Waals surface area contributed by atoms with Gasteiger partial charge in [0, 0.05) is 44.3 Å². The average molecular weight is 576 g/mol.